The molecule has 0 spiro atoms. The highest BCUT2D eigenvalue weighted by Crippen LogP contribution is 2.15. The van der Waals surface area contributed by atoms with E-state index in [-0.39, 0.29) is 5.91 Å². The Morgan fingerprint density at radius 3 is 2.59 bits per heavy atom. The number of para-hydroxylation sites is 1. The molecule has 5 heteroatoms. The van der Waals surface area contributed by atoms with E-state index in [0.29, 0.717) is 19.5 Å². The van der Waals surface area contributed by atoms with Crippen molar-refractivity contribution in [3.8, 4) is 0 Å². The first-order valence-electron chi connectivity index (χ1n) is 9.12. The minimum absolute atomic E-state index is 0.0651. The summed E-state index contributed by atoms with van der Waals surface area (Å²) in [6.45, 7) is 2.04. The summed E-state index contributed by atoms with van der Waals surface area (Å²) in [6, 6.07) is 18.6. The van der Waals surface area contributed by atoms with Crippen molar-refractivity contribution in [1.82, 2.24) is 19.4 Å². The fourth-order valence-electron chi connectivity index (χ4n) is 3.20. The van der Waals surface area contributed by atoms with Crippen molar-refractivity contribution in [2.45, 2.75) is 26.1 Å². The molecule has 136 valence electrons. The fourth-order valence-corrected chi connectivity index (χ4v) is 3.20. The summed E-state index contributed by atoms with van der Waals surface area (Å²) in [5, 5.41) is 4.21. The Balaban J connectivity index is 1.26. The molecule has 27 heavy (non-hydrogen) atoms. The first kappa shape index (κ1) is 17.1. The molecule has 5 nitrogen and oxygen atoms in total. The second-order valence-corrected chi connectivity index (χ2v) is 6.65. The van der Waals surface area contributed by atoms with E-state index in [2.05, 4.69) is 57.3 Å². The van der Waals surface area contributed by atoms with Crippen LogP contribution in [0.25, 0.3) is 10.9 Å². The smallest absolute Gasteiger partial charge is 0.222 e. The lowest BCUT2D eigenvalue weighted by Crippen LogP contribution is -2.23. The molecule has 0 aliphatic carbocycles. The van der Waals surface area contributed by atoms with E-state index in [9.17, 15) is 4.79 Å². The van der Waals surface area contributed by atoms with E-state index in [4.69, 9.17) is 0 Å². The summed E-state index contributed by atoms with van der Waals surface area (Å²) < 4.78 is 4.15. The number of imidazole rings is 1. The predicted octanol–water partition coefficient (Wildman–Crippen LogP) is 3.59. The second-order valence-electron chi connectivity index (χ2n) is 6.65. The van der Waals surface area contributed by atoms with E-state index >= 15 is 0 Å². The lowest BCUT2D eigenvalue weighted by molar-refractivity contribution is -0.121. The van der Waals surface area contributed by atoms with Crippen molar-refractivity contribution in [2.24, 2.45) is 0 Å². The molecule has 0 fully saturated rings. The minimum atomic E-state index is 0.0651. The van der Waals surface area contributed by atoms with Crippen LogP contribution in [0.5, 0.6) is 0 Å². The van der Waals surface area contributed by atoms with Gasteiger partial charge < -0.3 is 14.5 Å². The van der Waals surface area contributed by atoms with E-state index < -0.39 is 0 Å². The third-order valence-corrected chi connectivity index (χ3v) is 4.70. The molecule has 4 rings (SSSR count). The first-order chi connectivity index (χ1) is 13.3. The predicted molar refractivity (Wildman–Crippen MR) is 106 cm³/mol. The van der Waals surface area contributed by atoms with Crippen molar-refractivity contribution in [1.29, 1.82) is 0 Å². The van der Waals surface area contributed by atoms with Gasteiger partial charge >= 0.3 is 0 Å². The summed E-state index contributed by atoms with van der Waals surface area (Å²) >= 11 is 0. The second kappa shape index (κ2) is 7.91. The number of fused-ring (bicyclic) bond motifs is 1. The van der Waals surface area contributed by atoms with E-state index in [1.807, 2.05) is 35.4 Å². The molecular weight excluding hydrogens is 336 g/mol. The molecule has 0 saturated heterocycles. The molecule has 2 heterocycles. The third-order valence-electron chi connectivity index (χ3n) is 4.70. The zero-order valence-corrected chi connectivity index (χ0v) is 15.1. The molecule has 0 saturated carbocycles. The summed E-state index contributed by atoms with van der Waals surface area (Å²) in [6.07, 6.45) is 8.04. The first-order valence-corrected chi connectivity index (χ1v) is 9.12. The Hall–Kier alpha value is -3.34. The number of amides is 1. The maximum atomic E-state index is 12.2. The summed E-state index contributed by atoms with van der Waals surface area (Å²) in [5.74, 6) is 0.0651. The number of nitrogens with zero attached hydrogens (tertiary/aromatic N) is 3. The number of hydrogen-bond donors (Lipinski definition) is 1. The molecule has 0 atom stereocenters. The van der Waals surface area contributed by atoms with E-state index in [0.717, 1.165) is 12.1 Å². The van der Waals surface area contributed by atoms with Crippen LogP contribution in [0.15, 0.2) is 79.5 Å². The molecule has 4 aromatic rings. The van der Waals surface area contributed by atoms with Gasteiger partial charge in [-0.2, -0.15) is 0 Å². The highest BCUT2D eigenvalue weighted by molar-refractivity contribution is 5.80. The zero-order valence-electron chi connectivity index (χ0n) is 15.1. The van der Waals surface area contributed by atoms with Gasteiger partial charge in [0.05, 0.1) is 6.33 Å². The molecule has 2 aromatic carbocycles. The van der Waals surface area contributed by atoms with Gasteiger partial charge in [0, 0.05) is 50.2 Å². The number of benzene rings is 2. The average molecular weight is 358 g/mol. The average Bonchev–Trinajstić information content (AvgIpc) is 3.35. The van der Waals surface area contributed by atoms with Crippen molar-refractivity contribution in [3.05, 3.63) is 90.6 Å². The standard InChI is InChI=1S/C22H22N4O/c27-22(10-13-26-12-9-20-3-1-2-4-21(20)26)24-15-18-5-7-19(8-6-18)16-25-14-11-23-17-25/h1-9,11-12,14,17H,10,13,15-16H2,(H,24,27). The van der Waals surface area contributed by atoms with Crippen LogP contribution in [0.3, 0.4) is 0 Å². The Morgan fingerprint density at radius 2 is 1.78 bits per heavy atom. The van der Waals surface area contributed by atoms with Crippen molar-refractivity contribution >= 4 is 16.8 Å². The highest BCUT2D eigenvalue weighted by Gasteiger charge is 2.05. The van der Waals surface area contributed by atoms with Gasteiger partial charge in [0.1, 0.15) is 0 Å². The van der Waals surface area contributed by atoms with Gasteiger partial charge in [-0.3, -0.25) is 4.79 Å². The fraction of sp³-hybridized carbons (Fsp3) is 0.182. The maximum Gasteiger partial charge on any atom is 0.222 e. The van der Waals surface area contributed by atoms with E-state index in [1.54, 1.807) is 6.20 Å². The zero-order chi connectivity index (χ0) is 18.5. The van der Waals surface area contributed by atoms with Gasteiger partial charge in [0.25, 0.3) is 0 Å². The summed E-state index contributed by atoms with van der Waals surface area (Å²) in [5.41, 5.74) is 3.48. The SMILES string of the molecule is O=C(CCn1ccc2ccccc21)NCc1ccc(Cn2ccnc2)cc1. The molecule has 0 radical (unpaired) electrons. The van der Waals surface area contributed by atoms with Crippen molar-refractivity contribution < 1.29 is 4.79 Å². The highest BCUT2D eigenvalue weighted by atomic mass is 16.1. The van der Waals surface area contributed by atoms with Crippen LogP contribution < -0.4 is 5.32 Å². The Bertz CT molecular complexity index is 1020. The number of carbonyl (C=O) groups excluding carboxylic acids is 1. The molecule has 2 aromatic heterocycles. The normalized spacial score (nSPS) is 11.0. The van der Waals surface area contributed by atoms with Gasteiger partial charge in [-0.25, -0.2) is 4.98 Å². The number of nitrogens with one attached hydrogen (secondary N) is 1. The van der Waals surface area contributed by atoms with Crippen LogP contribution in [-0.4, -0.2) is 20.0 Å². The molecule has 0 bridgehead atoms. The van der Waals surface area contributed by atoms with Crippen LogP contribution in [-0.2, 0) is 24.4 Å². The maximum absolute atomic E-state index is 12.2. The topological polar surface area (TPSA) is 51.9 Å². The lowest BCUT2D eigenvalue weighted by atomic mass is 10.1. The minimum Gasteiger partial charge on any atom is -0.352 e. The van der Waals surface area contributed by atoms with Crippen molar-refractivity contribution in [2.75, 3.05) is 0 Å². The molecule has 0 aliphatic heterocycles. The number of aryl methyl sites for hydroxylation is 1. The van der Waals surface area contributed by atoms with Gasteiger partial charge in [0.2, 0.25) is 5.91 Å². The Labute approximate surface area is 158 Å². The van der Waals surface area contributed by atoms with Crippen LogP contribution in [0.2, 0.25) is 0 Å². The monoisotopic (exact) mass is 358 g/mol. The Kier molecular flexibility index (Phi) is 5.01. The van der Waals surface area contributed by atoms with Gasteiger partial charge in [-0.1, -0.05) is 42.5 Å². The molecule has 1 N–H and O–H groups in total. The van der Waals surface area contributed by atoms with Gasteiger partial charge in [0.15, 0.2) is 0 Å². The molecule has 0 unspecified atom stereocenters. The van der Waals surface area contributed by atoms with Crippen molar-refractivity contribution in [3.63, 3.8) is 0 Å². The third kappa shape index (κ3) is 4.26. The van der Waals surface area contributed by atoms with Gasteiger partial charge in [-0.05, 0) is 28.6 Å². The summed E-state index contributed by atoms with van der Waals surface area (Å²) in [7, 11) is 0. The number of hydrogen-bond acceptors (Lipinski definition) is 2. The molecule has 0 aliphatic rings. The van der Waals surface area contributed by atoms with Crippen LogP contribution in [0.4, 0.5) is 0 Å². The van der Waals surface area contributed by atoms with E-state index in [1.165, 1.54) is 16.5 Å². The quantitative estimate of drug-likeness (QED) is 0.549. The van der Waals surface area contributed by atoms with Crippen LogP contribution in [0.1, 0.15) is 17.5 Å². The van der Waals surface area contributed by atoms with Crippen LogP contribution in [0, 0.1) is 0 Å². The van der Waals surface area contributed by atoms with Crippen LogP contribution >= 0.6 is 0 Å². The van der Waals surface area contributed by atoms with Gasteiger partial charge in [-0.15, -0.1) is 0 Å². The number of carbonyl (C=O) groups is 1. The molecule has 1 amide bonds. The largest absolute Gasteiger partial charge is 0.352 e. The summed E-state index contributed by atoms with van der Waals surface area (Å²) in [4.78, 5) is 16.2. The lowest BCUT2D eigenvalue weighted by Gasteiger charge is -2.08. The molecular formula is C22H22N4O. The Morgan fingerprint density at radius 1 is 0.963 bits per heavy atom. The number of aromatic nitrogens is 3. The number of rotatable bonds is 7.